The monoisotopic (exact) mass is 385 g/mol. The number of nitrogens with zero attached hydrogens (tertiary/aromatic N) is 1. The molecule has 6 rings (SSSR count). The molecule has 3 aromatic carbocycles. The van der Waals surface area contributed by atoms with Crippen molar-refractivity contribution in [3.63, 3.8) is 0 Å². The van der Waals surface area contributed by atoms with E-state index in [0.717, 1.165) is 40.3 Å². The van der Waals surface area contributed by atoms with Crippen molar-refractivity contribution >= 4 is 49.6 Å². The van der Waals surface area contributed by atoms with Gasteiger partial charge in [0.05, 0.1) is 5.39 Å². The van der Waals surface area contributed by atoms with Crippen LogP contribution in [0.3, 0.4) is 0 Å². The zero-order valence-electron chi connectivity index (χ0n) is 15.8. The average molecular weight is 385 g/mol. The summed E-state index contributed by atoms with van der Waals surface area (Å²) in [6.45, 7) is 2.01. The number of piperidine rings is 1. The van der Waals surface area contributed by atoms with Gasteiger partial charge in [0.25, 0.3) is 0 Å². The minimum atomic E-state index is -0.0850. The van der Waals surface area contributed by atoms with Crippen LogP contribution in [0.5, 0.6) is 5.75 Å². The predicted octanol–water partition coefficient (Wildman–Crippen LogP) is 5.54. The van der Waals surface area contributed by atoms with Gasteiger partial charge in [-0.25, -0.2) is 0 Å². The molecule has 0 spiro atoms. The van der Waals surface area contributed by atoms with Crippen LogP contribution in [0, 0.1) is 0 Å². The first kappa shape index (κ1) is 16.5. The number of aromatic hydroxyl groups is 1. The SMILES string of the molecule is O=c1ccc2c(c1)oc1cc(N3CCCCC3)cc3oc4cc(O)ccc4c2c31. The minimum absolute atomic E-state index is 0.0850. The first-order valence-electron chi connectivity index (χ1n) is 9.98. The zero-order chi connectivity index (χ0) is 19.5. The third-order valence-electron chi connectivity index (χ3n) is 5.92. The zero-order valence-corrected chi connectivity index (χ0v) is 15.8. The Morgan fingerprint density at radius 2 is 1.38 bits per heavy atom. The van der Waals surface area contributed by atoms with E-state index in [1.54, 1.807) is 24.3 Å². The number of phenols is 1. The van der Waals surface area contributed by atoms with Gasteiger partial charge in [-0.1, -0.05) is 0 Å². The van der Waals surface area contributed by atoms with E-state index < -0.39 is 0 Å². The van der Waals surface area contributed by atoms with Crippen molar-refractivity contribution in [1.29, 1.82) is 0 Å². The van der Waals surface area contributed by atoms with E-state index in [0.29, 0.717) is 22.3 Å². The second-order valence-corrected chi connectivity index (χ2v) is 7.78. The van der Waals surface area contributed by atoms with Gasteiger partial charge >= 0.3 is 0 Å². The van der Waals surface area contributed by atoms with Crippen molar-refractivity contribution in [3.8, 4) is 5.75 Å². The Hall–Kier alpha value is -3.47. The number of rotatable bonds is 1. The van der Waals surface area contributed by atoms with E-state index in [-0.39, 0.29) is 11.2 Å². The fourth-order valence-electron chi connectivity index (χ4n) is 4.57. The van der Waals surface area contributed by atoms with E-state index >= 15 is 0 Å². The molecule has 0 amide bonds. The molecule has 3 heterocycles. The Kier molecular flexibility index (Phi) is 3.42. The fourth-order valence-corrected chi connectivity index (χ4v) is 4.57. The van der Waals surface area contributed by atoms with Gasteiger partial charge in [0.2, 0.25) is 0 Å². The van der Waals surface area contributed by atoms with Gasteiger partial charge in [-0.2, -0.15) is 0 Å². The highest BCUT2D eigenvalue weighted by Gasteiger charge is 2.19. The normalized spacial score (nSPS) is 15.1. The van der Waals surface area contributed by atoms with Crippen molar-refractivity contribution in [2.75, 3.05) is 18.0 Å². The van der Waals surface area contributed by atoms with Crippen molar-refractivity contribution < 1.29 is 13.9 Å². The van der Waals surface area contributed by atoms with Crippen molar-refractivity contribution in [1.82, 2.24) is 0 Å². The number of hydrogen-bond acceptors (Lipinski definition) is 5. The molecule has 0 bridgehead atoms. The second-order valence-electron chi connectivity index (χ2n) is 7.78. The van der Waals surface area contributed by atoms with E-state index in [4.69, 9.17) is 8.83 Å². The predicted molar refractivity (Wildman–Crippen MR) is 115 cm³/mol. The van der Waals surface area contributed by atoms with Crippen LogP contribution < -0.4 is 10.3 Å². The van der Waals surface area contributed by atoms with Crippen LogP contribution >= 0.6 is 0 Å². The lowest BCUT2D eigenvalue weighted by Crippen LogP contribution is -2.29. The van der Waals surface area contributed by atoms with Crippen molar-refractivity contribution in [2.45, 2.75) is 19.3 Å². The summed E-state index contributed by atoms with van der Waals surface area (Å²) in [5, 5.41) is 13.6. The molecule has 5 nitrogen and oxygen atoms in total. The van der Waals surface area contributed by atoms with Gasteiger partial charge in [0.15, 0.2) is 5.43 Å². The van der Waals surface area contributed by atoms with Crippen LogP contribution in [0.2, 0.25) is 0 Å². The molecule has 1 fully saturated rings. The first-order chi connectivity index (χ1) is 14.2. The molecule has 144 valence electrons. The Labute approximate surface area is 165 Å². The highest BCUT2D eigenvalue weighted by molar-refractivity contribution is 6.25. The molecule has 2 aromatic heterocycles. The summed E-state index contributed by atoms with van der Waals surface area (Å²) < 4.78 is 12.4. The van der Waals surface area contributed by atoms with E-state index in [2.05, 4.69) is 17.0 Å². The largest absolute Gasteiger partial charge is 0.508 e. The van der Waals surface area contributed by atoms with Crippen LogP contribution in [0.1, 0.15) is 19.3 Å². The Morgan fingerprint density at radius 1 is 0.724 bits per heavy atom. The van der Waals surface area contributed by atoms with Crippen LogP contribution in [-0.2, 0) is 0 Å². The molecular formula is C24H19NO4. The molecule has 0 radical (unpaired) electrons. The third-order valence-corrected chi connectivity index (χ3v) is 5.92. The van der Waals surface area contributed by atoms with Crippen LogP contribution in [0.15, 0.2) is 62.2 Å². The van der Waals surface area contributed by atoms with Crippen LogP contribution in [0.25, 0.3) is 43.9 Å². The molecule has 1 aliphatic rings. The number of hydrogen-bond donors (Lipinski definition) is 1. The molecule has 0 atom stereocenters. The molecule has 1 aliphatic heterocycles. The number of phenolic OH excluding ortho intramolecular Hbond substituents is 1. The molecule has 0 aliphatic carbocycles. The van der Waals surface area contributed by atoms with E-state index in [9.17, 15) is 9.90 Å². The standard InChI is InChI=1S/C24H19NO4/c26-15-4-6-17-19(12-15)28-21-10-14(25-8-2-1-3-9-25)11-22-24(21)23(17)18-7-5-16(27)13-20(18)29-22/h4-7,10-13,26H,1-3,8-9H2. The van der Waals surface area contributed by atoms with Gasteiger partial charge in [-0.15, -0.1) is 0 Å². The van der Waals surface area contributed by atoms with E-state index in [1.807, 2.05) is 6.07 Å². The van der Waals surface area contributed by atoms with Gasteiger partial charge in [0.1, 0.15) is 28.1 Å². The molecular weight excluding hydrogens is 366 g/mol. The summed E-state index contributed by atoms with van der Waals surface area (Å²) in [7, 11) is 0. The fraction of sp³-hybridized carbons (Fsp3) is 0.208. The van der Waals surface area contributed by atoms with Gasteiger partial charge < -0.3 is 18.8 Å². The average Bonchev–Trinajstić information content (AvgIpc) is 2.73. The molecule has 5 heteroatoms. The Balaban J connectivity index is 1.80. The number of benzene rings is 3. The van der Waals surface area contributed by atoms with Gasteiger partial charge in [0, 0.05) is 59.2 Å². The molecule has 1 saturated heterocycles. The summed E-state index contributed by atoms with van der Waals surface area (Å²) >= 11 is 0. The van der Waals surface area contributed by atoms with Crippen molar-refractivity contribution in [3.05, 3.63) is 58.8 Å². The highest BCUT2D eigenvalue weighted by atomic mass is 16.3. The Bertz CT molecular complexity index is 1470. The quantitative estimate of drug-likeness (QED) is 0.303. The molecule has 29 heavy (non-hydrogen) atoms. The maximum absolute atomic E-state index is 12.0. The Morgan fingerprint density at radius 3 is 2.10 bits per heavy atom. The summed E-state index contributed by atoms with van der Waals surface area (Å²) in [4.78, 5) is 14.3. The first-order valence-corrected chi connectivity index (χ1v) is 9.98. The summed E-state index contributed by atoms with van der Waals surface area (Å²) in [5.74, 6) is 0.155. The topological polar surface area (TPSA) is 66.8 Å². The lowest BCUT2D eigenvalue weighted by Gasteiger charge is -2.29. The highest BCUT2D eigenvalue weighted by Crippen LogP contribution is 2.41. The van der Waals surface area contributed by atoms with Crippen molar-refractivity contribution in [2.24, 2.45) is 0 Å². The van der Waals surface area contributed by atoms with E-state index in [1.165, 1.54) is 25.3 Å². The molecule has 5 aromatic rings. The lowest BCUT2D eigenvalue weighted by atomic mass is 10.0. The summed E-state index contributed by atoms with van der Waals surface area (Å²) in [6, 6.07) is 14.2. The molecule has 1 N–H and O–H groups in total. The lowest BCUT2D eigenvalue weighted by molar-refractivity contribution is 0.474. The van der Waals surface area contributed by atoms with Gasteiger partial charge in [-0.05, 0) is 43.5 Å². The molecule has 0 saturated carbocycles. The number of fused-ring (bicyclic) bond motifs is 4. The van der Waals surface area contributed by atoms with Crippen LogP contribution in [0.4, 0.5) is 5.69 Å². The maximum atomic E-state index is 12.0. The minimum Gasteiger partial charge on any atom is -0.508 e. The molecule has 0 unspecified atom stereocenters. The van der Waals surface area contributed by atoms with Gasteiger partial charge in [-0.3, -0.25) is 4.79 Å². The number of anilines is 1. The summed E-state index contributed by atoms with van der Waals surface area (Å²) in [6.07, 6.45) is 3.60. The summed E-state index contributed by atoms with van der Waals surface area (Å²) in [5.41, 5.74) is 3.56. The third kappa shape index (κ3) is 2.50. The van der Waals surface area contributed by atoms with Crippen LogP contribution in [-0.4, -0.2) is 18.2 Å². The maximum Gasteiger partial charge on any atom is 0.182 e. The second kappa shape index (κ2) is 6.01. The smallest absolute Gasteiger partial charge is 0.182 e.